The average molecular weight is 512 g/mol. The van der Waals surface area contributed by atoms with Gasteiger partial charge < -0.3 is 30.4 Å². The molecule has 182 valence electrons. The van der Waals surface area contributed by atoms with Crippen molar-refractivity contribution < 1.29 is 37.8 Å². The Hall–Kier alpha value is -1.01. The molecule has 0 amide bonds. The van der Waals surface area contributed by atoms with Crippen LogP contribution in [0.15, 0.2) is 16.8 Å². The van der Waals surface area contributed by atoms with E-state index < -0.39 is 21.7 Å². The minimum Gasteiger partial charge on any atom is -0.390 e. The van der Waals surface area contributed by atoms with Crippen LogP contribution in [0.3, 0.4) is 0 Å². The summed E-state index contributed by atoms with van der Waals surface area (Å²) in [6.45, 7) is 7.56. The van der Waals surface area contributed by atoms with Crippen LogP contribution in [-0.2, 0) is 24.5 Å². The van der Waals surface area contributed by atoms with Gasteiger partial charge in [-0.3, -0.25) is 4.52 Å². The molecule has 0 aliphatic carbocycles. The van der Waals surface area contributed by atoms with Crippen LogP contribution in [-0.4, -0.2) is 52.7 Å². The molecule has 6 N–H and O–H groups in total. The van der Waals surface area contributed by atoms with Crippen molar-refractivity contribution in [3.05, 3.63) is 28.2 Å². The number of aromatic nitrogens is 2. The summed E-state index contributed by atoms with van der Waals surface area (Å²) in [5, 5.41) is 10.6. The molecule has 4 atom stereocenters. The minimum atomic E-state index is -5.18. The molecule has 1 aromatic heterocycles. The normalized spacial score (nSPS) is 21.0. The van der Waals surface area contributed by atoms with Gasteiger partial charge in [-0.25, -0.2) is 19.1 Å². The van der Waals surface area contributed by atoms with Crippen LogP contribution in [0, 0.1) is 12.8 Å². The van der Waals surface area contributed by atoms with E-state index in [1.54, 1.807) is 13.1 Å². The van der Waals surface area contributed by atoms with E-state index in [2.05, 4.69) is 14.3 Å². The largest absolute Gasteiger partial charge is 0.481 e. The lowest BCUT2D eigenvalue weighted by atomic mass is 10.0. The Morgan fingerprint density at radius 1 is 1.31 bits per heavy atom. The summed E-state index contributed by atoms with van der Waals surface area (Å²) in [6, 6.07) is 0. The number of aliphatic hydroxyl groups is 1. The van der Waals surface area contributed by atoms with Crippen molar-refractivity contribution in [3.63, 3.8) is 0 Å². The third-order valence-corrected chi connectivity index (χ3v) is 8.82. The number of phosphoric ester groups is 1. The first-order valence-electron chi connectivity index (χ1n) is 9.87. The minimum absolute atomic E-state index is 0.0133. The van der Waals surface area contributed by atoms with Crippen LogP contribution >= 0.6 is 27.4 Å². The van der Waals surface area contributed by atoms with Crippen molar-refractivity contribution in [3.8, 4) is 0 Å². The van der Waals surface area contributed by atoms with E-state index in [4.69, 9.17) is 20.0 Å². The second-order valence-corrected chi connectivity index (χ2v) is 11.5. The highest BCUT2D eigenvalue weighted by molar-refractivity contribution is 8.03. The van der Waals surface area contributed by atoms with E-state index in [0.29, 0.717) is 23.8 Å². The molecule has 0 saturated heterocycles. The van der Waals surface area contributed by atoms with Gasteiger partial charge in [-0.1, -0.05) is 20.3 Å². The Morgan fingerprint density at radius 2 is 1.97 bits per heavy atom. The number of hydrogen-bond donors (Lipinski definition) is 5. The number of allylic oxidation sites excluding steroid dienone is 1. The summed E-state index contributed by atoms with van der Waals surface area (Å²) < 4.78 is 31.0. The molecule has 3 unspecified atom stereocenters. The van der Waals surface area contributed by atoms with E-state index >= 15 is 0 Å². The van der Waals surface area contributed by atoms with Crippen molar-refractivity contribution in [1.29, 1.82) is 0 Å². The van der Waals surface area contributed by atoms with Gasteiger partial charge in [-0.2, -0.15) is 4.31 Å². The number of aryl methyl sites for hydroxylation is 1. The van der Waals surface area contributed by atoms with Gasteiger partial charge in [0.25, 0.3) is 0 Å². The van der Waals surface area contributed by atoms with Crippen molar-refractivity contribution in [2.24, 2.45) is 5.92 Å². The Balaban J connectivity index is 2.19. The fourth-order valence-electron chi connectivity index (χ4n) is 3.10. The first-order chi connectivity index (χ1) is 14.7. The zero-order chi connectivity index (χ0) is 24.3. The second kappa shape index (κ2) is 10.9. The molecule has 0 spiro atoms. The van der Waals surface area contributed by atoms with Crippen LogP contribution in [0.2, 0.25) is 0 Å². The van der Waals surface area contributed by atoms with E-state index in [1.807, 2.05) is 25.7 Å². The van der Waals surface area contributed by atoms with Gasteiger partial charge in [0.2, 0.25) is 0 Å². The summed E-state index contributed by atoms with van der Waals surface area (Å²) in [6.07, 6.45) is 1.91. The molecule has 0 radical (unpaired) electrons. The molecule has 1 aliphatic heterocycles. The molecule has 0 saturated carbocycles. The summed E-state index contributed by atoms with van der Waals surface area (Å²) in [7, 11) is -10.1. The lowest BCUT2D eigenvalue weighted by Gasteiger charge is -2.33. The van der Waals surface area contributed by atoms with Crippen LogP contribution < -0.4 is 5.73 Å². The zero-order valence-electron chi connectivity index (χ0n) is 18.3. The smallest absolute Gasteiger partial charge is 0.390 e. The fourth-order valence-corrected chi connectivity index (χ4v) is 6.23. The number of anilines is 1. The molecule has 32 heavy (non-hydrogen) atoms. The maximum absolute atomic E-state index is 11.7. The van der Waals surface area contributed by atoms with E-state index in [-0.39, 0.29) is 24.3 Å². The van der Waals surface area contributed by atoms with Crippen LogP contribution in [0.25, 0.3) is 0 Å². The predicted octanol–water partition coefficient (Wildman–Crippen LogP) is 2.50. The number of hydrogen-bond acceptors (Lipinski definition) is 10. The first-order valence-corrected chi connectivity index (χ1v) is 13.8. The van der Waals surface area contributed by atoms with E-state index in [1.165, 1.54) is 11.8 Å². The Bertz CT molecular complexity index is 943. The van der Waals surface area contributed by atoms with Crippen LogP contribution in [0.1, 0.15) is 45.0 Å². The molecule has 0 aromatic carbocycles. The third kappa shape index (κ3) is 7.51. The molecule has 0 fully saturated rings. The second-order valence-electron chi connectivity index (χ2n) is 7.47. The highest BCUT2D eigenvalue weighted by atomic mass is 32.2. The van der Waals surface area contributed by atoms with Gasteiger partial charge in [0, 0.05) is 35.3 Å². The topological polar surface area (TPSA) is 189 Å². The number of phosphoric acid groups is 2. The van der Waals surface area contributed by atoms with Gasteiger partial charge in [0.1, 0.15) is 17.0 Å². The summed E-state index contributed by atoms with van der Waals surface area (Å²) >= 11 is 1.40. The molecule has 2 heterocycles. The maximum Gasteiger partial charge on any atom is 0.481 e. The average Bonchev–Trinajstić information content (AvgIpc) is 2.96. The van der Waals surface area contributed by atoms with Crippen LogP contribution in [0.4, 0.5) is 5.82 Å². The third-order valence-electron chi connectivity index (χ3n) is 5.08. The highest BCUT2D eigenvalue weighted by Gasteiger charge is 2.38. The van der Waals surface area contributed by atoms with E-state index in [9.17, 15) is 19.1 Å². The SMILES string of the molecule is CC[C@H](C)C(O)C1SC(CCOP(=O)(O)OP(=O)(O)O)=C(C)N1Cc1cnc(C)nc1N. The summed E-state index contributed by atoms with van der Waals surface area (Å²) in [4.78, 5) is 38.0. The standard InChI is InChI=1S/C17H30N4O8P2S/c1-5-10(2)15(22)17-21(9-13-8-19-12(4)20-16(13)18)11(3)14(32-17)6-7-28-31(26,27)29-30(23,24)25/h8,10,15,17,22H,5-7,9H2,1-4H3,(H,26,27)(H2,18,19,20)(H2,23,24,25)/t10-,15?,17?/m0/s1. The zero-order valence-corrected chi connectivity index (χ0v) is 20.9. The van der Waals surface area contributed by atoms with Crippen molar-refractivity contribution >= 4 is 33.2 Å². The Morgan fingerprint density at radius 3 is 2.53 bits per heavy atom. The lowest BCUT2D eigenvalue weighted by molar-refractivity contribution is 0.0651. The quantitative estimate of drug-likeness (QED) is 0.272. The molecular weight excluding hydrogens is 482 g/mol. The van der Waals surface area contributed by atoms with Crippen LogP contribution in [0.5, 0.6) is 0 Å². The molecular formula is C17H30N4O8P2S. The lowest BCUT2D eigenvalue weighted by Crippen LogP contribution is -2.40. The Kier molecular flexibility index (Phi) is 9.31. The molecule has 2 rings (SSSR count). The number of thioether (sulfide) groups is 1. The number of rotatable bonds is 11. The molecule has 1 aromatic rings. The monoisotopic (exact) mass is 512 g/mol. The van der Waals surface area contributed by atoms with Crippen molar-refractivity contribution in [2.75, 3.05) is 12.3 Å². The van der Waals surface area contributed by atoms with Gasteiger partial charge in [0.15, 0.2) is 0 Å². The predicted molar refractivity (Wildman–Crippen MR) is 120 cm³/mol. The molecule has 1 aliphatic rings. The number of nitrogens with two attached hydrogens (primary N) is 1. The van der Waals surface area contributed by atoms with Gasteiger partial charge in [-0.05, 0) is 19.8 Å². The maximum atomic E-state index is 11.7. The summed E-state index contributed by atoms with van der Waals surface area (Å²) in [5.41, 5.74) is 7.56. The fraction of sp³-hybridized carbons (Fsp3) is 0.647. The Labute approximate surface area is 191 Å². The number of nitrogen functional groups attached to an aromatic ring is 1. The first kappa shape index (κ1) is 27.2. The van der Waals surface area contributed by atoms with Gasteiger partial charge in [0.05, 0.1) is 12.7 Å². The molecule has 0 bridgehead atoms. The number of aliphatic hydroxyl groups excluding tert-OH is 1. The van der Waals surface area contributed by atoms with Crippen molar-refractivity contribution in [2.45, 2.75) is 58.6 Å². The number of nitrogens with zero attached hydrogens (tertiary/aromatic N) is 3. The molecule has 12 nitrogen and oxygen atoms in total. The molecule has 15 heteroatoms. The van der Waals surface area contributed by atoms with Gasteiger partial charge >= 0.3 is 15.6 Å². The van der Waals surface area contributed by atoms with E-state index in [0.717, 1.165) is 17.0 Å². The highest BCUT2D eigenvalue weighted by Crippen LogP contribution is 2.57. The summed E-state index contributed by atoms with van der Waals surface area (Å²) in [5.74, 6) is 0.910. The van der Waals surface area contributed by atoms with Gasteiger partial charge in [-0.15, -0.1) is 11.8 Å². The van der Waals surface area contributed by atoms with Crippen molar-refractivity contribution in [1.82, 2.24) is 14.9 Å².